The molecule has 6 nitrogen and oxygen atoms in total. The first-order valence-electron chi connectivity index (χ1n) is 5.36. The molecule has 0 spiro atoms. The fraction of sp³-hybridized carbons (Fsp3) is 0.364. The number of aliphatic hydroxyl groups is 1. The predicted octanol–water partition coefficient (Wildman–Crippen LogP) is 0.670. The number of ether oxygens (including phenoxy) is 1. The molecule has 0 fully saturated rings. The standard InChI is InChI=1S/C11H12F2O6S/c1-3-19-11(16)9(15)5-4-6(12)10(20(2,17)18)7(13)8(5)14/h4,9,14-15H,3H2,1-2H3. The molecular formula is C11H12F2O6S. The summed E-state index contributed by atoms with van der Waals surface area (Å²) in [4.78, 5) is 9.92. The van der Waals surface area contributed by atoms with E-state index in [4.69, 9.17) is 0 Å². The zero-order chi connectivity index (χ0) is 15.7. The van der Waals surface area contributed by atoms with E-state index in [1.54, 1.807) is 0 Å². The summed E-state index contributed by atoms with van der Waals surface area (Å²) in [5.74, 6) is -5.85. The van der Waals surface area contributed by atoms with Crippen LogP contribution in [0.25, 0.3) is 0 Å². The molecule has 0 saturated carbocycles. The van der Waals surface area contributed by atoms with Crippen molar-refractivity contribution in [3.8, 4) is 5.75 Å². The van der Waals surface area contributed by atoms with Gasteiger partial charge >= 0.3 is 5.97 Å². The highest BCUT2D eigenvalue weighted by Crippen LogP contribution is 2.34. The molecule has 0 saturated heterocycles. The number of carbonyl (C=O) groups excluding carboxylic acids is 1. The van der Waals surface area contributed by atoms with Gasteiger partial charge in [-0.05, 0) is 13.0 Å². The number of carbonyl (C=O) groups is 1. The second kappa shape index (κ2) is 5.71. The highest BCUT2D eigenvalue weighted by atomic mass is 32.2. The van der Waals surface area contributed by atoms with Crippen LogP contribution in [0.3, 0.4) is 0 Å². The lowest BCUT2D eigenvalue weighted by Gasteiger charge is -2.14. The second-order valence-corrected chi connectivity index (χ2v) is 5.82. The number of halogens is 2. The minimum absolute atomic E-state index is 0.0942. The molecule has 0 amide bonds. The van der Waals surface area contributed by atoms with Gasteiger partial charge < -0.3 is 14.9 Å². The number of hydrogen-bond acceptors (Lipinski definition) is 6. The molecule has 1 unspecified atom stereocenters. The first-order valence-corrected chi connectivity index (χ1v) is 7.26. The zero-order valence-electron chi connectivity index (χ0n) is 10.6. The van der Waals surface area contributed by atoms with Gasteiger partial charge in [0.1, 0.15) is 10.7 Å². The summed E-state index contributed by atoms with van der Waals surface area (Å²) in [6, 6.07) is 0.371. The fourth-order valence-corrected chi connectivity index (χ4v) is 2.34. The Morgan fingerprint density at radius 2 is 2.00 bits per heavy atom. The van der Waals surface area contributed by atoms with Crippen LogP contribution in [0, 0.1) is 11.6 Å². The number of sulfone groups is 1. The SMILES string of the molecule is CCOC(=O)C(O)c1cc(F)c(S(C)(=O)=O)c(F)c1O. The van der Waals surface area contributed by atoms with Gasteiger partial charge in [0.2, 0.25) is 0 Å². The van der Waals surface area contributed by atoms with Crippen molar-refractivity contribution in [3.63, 3.8) is 0 Å². The number of esters is 1. The van der Waals surface area contributed by atoms with Gasteiger partial charge in [-0.1, -0.05) is 0 Å². The van der Waals surface area contributed by atoms with Crippen molar-refractivity contribution < 1.29 is 36.9 Å². The Balaban J connectivity index is 3.44. The highest BCUT2D eigenvalue weighted by molar-refractivity contribution is 7.90. The minimum Gasteiger partial charge on any atom is -0.505 e. The van der Waals surface area contributed by atoms with E-state index in [9.17, 15) is 32.2 Å². The van der Waals surface area contributed by atoms with Gasteiger partial charge in [-0.2, -0.15) is 0 Å². The number of phenolic OH excluding ortho intramolecular Hbond substituents is 1. The molecule has 0 aliphatic rings. The fourth-order valence-electron chi connectivity index (χ4n) is 1.51. The Morgan fingerprint density at radius 3 is 2.45 bits per heavy atom. The molecule has 0 aliphatic heterocycles. The summed E-state index contributed by atoms with van der Waals surface area (Å²) in [5.41, 5.74) is -0.814. The van der Waals surface area contributed by atoms with Crippen LogP contribution in [0.4, 0.5) is 8.78 Å². The van der Waals surface area contributed by atoms with E-state index in [1.807, 2.05) is 0 Å². The third-order valence-electron chi connectivity index (χ3n) is 2.36. The average Bonchev–Trinajstić information content (AvgIpc) is 2.31. The first kappa shape index (κ1) is 16.3. The van der Waals surface area contributed by atoms with Crippen molar-refractivity contribution in [1.82, 2.24) is 0 Å². The van der Waals surface area contributed by atoms with Crippen molar-refractivity contribution in [3.05, 3.63) is 23.3 Å². The van der Waals surface area contributed by atoms with E-state index >= 15 is 0 Å². The maximum absolute atomic E-state index is 13.7. The van der Waals surface area contributed by atoms with Crippen LogP contribution in [-0.4, -0.2) is 37.5 Å². The summed E-state index contributed by atoms with van der Waals surface area (Å²) in [7, 11) is -4.27. The molecule has 1 atom stereocenters. The molecule has 0 aliphatic carbocycles. The minimum atomic E-state index is -4.27. The molecule has 0 bridgehead atoms. The van der Waals surface area contributed by atoms with Gasteiger partial charge in [-0.25, -0.2) is 22.0 Å². The maximum atomic E-state index is 13.7. The molecule has 0 heterocycles. The monoisotopic (exact) mass is 310 g/mol. The van der Waals surface area contributed by atoms with E-state index in [1.165, 1.54) is 6.92 Å². The number of rotatable bonds is 4. The molecule has 1 aromatic carbocycles. The lowest BCUT2D eigenvalue weighted by atomic mass is 10.1. The Labute approximate surface area is 113 Å². The predicted molar refractivity (Wildman–Crippen MR) is 62.7 cm³/mol. The Morgan fingerprint density at radius 1 is 1.45 bits per heavy atom. The highest BCUT2D eigenvalue weighted by Gasteiger charge is 2.30. The van der Waals surface area contributed by atoms with Gasteiger partial charge in [0.25, 0.3) is 0 Å². The number of hydrogen-bond donors (Lipinski definition) is 2. The summed E-state index contributed by atoms with van der Waals surface area (Å²) < 4.78 is 54.1. The van der Waals surface area contributed by atoms with Crippen LogP contribution in [-0.2, 0) is 19.4 Å². The van der Waals surface area contributed by atoms with Gasteiger partial charge in [0.05, 0.1) is 6.61 Å². The molecule has 2 N–H and O–H groups in total. The number of benzene rings is 1. The smallest absolute Gasteiger partial charge is 0.339 e. The van der Waals surface area contributed by atoms with Crippen molar-refractivity contribution >= 4 is 15.8 Å². The van der Waals surface area contributed by atoms with E-state index < -0.39 is 49.8 Å². The number of phenols is 1. The molecule has 1 aromatic rings. The van der Waals surface area contributed by atoms with Crippen LogP contribution in [0.2, 0.25) is 0 Å². The van der Waals surface area contributed by atoms with Gasteiger partial charge in [-0.3, -0.25) is 0 Å². The third kappa shape index (κ3) is 3.05. The van der Waals surface area contributed by atoms with Crippen LogP contribution >= 0.6 is 0 Å². The molecule has 0 radical (unpaired) electrons. The Bertz CT molecular complexity index is 641. The Kier molecular flexibility index (Phi) is 4.66. The normalized spacial score (nSPS) is 13.1. The molecule has 1 rings (SSSR count). The van der Waals surface area contributed by atoms with E-state index in [0.717, 1.165) is 0 Å². The molecule has 0 aromatic heterocycles. The van der Waals surface area contributed by atoms with Gasteiger partial charge in [0.15, 0.2) is 27.5 Å². The van der Waals surface area contributed by atoms with Crippen LogP contribution < -0.4 is 0 Å². The van der Waals surface area contributed by atoms with Crippen molar-refractivity contribution in [2.75, 3.05) is 12.9 Å². The van der Waals surface area contributed by atoms with Crippen molar-refractivity contribution in [2.45, 2.75) is 17.9 Å². The first-order chi connectivity index (χ1) is 9.11. The van der Waals surface area contributed by atoms with Crippen molar-refractivity contribution in [2.24, 2.45) is 0 Å². The quantitative estimate of drug-likeness (QED) is 0.793. The van der Waals surface area contributed by atoms with Crippen LogP contribution in [0.15, 0.2) is 11.0 Å². The average molecular weight is 310 g/mol. The van der Waals surface area contributed by atoms with Crippen LogP contribution in [0.5, 0.6) is 5.75 Å². The number of aliphatic hydroxyl groups excluding tert-OH is 1. The summed E-state index contributed by atoms with van der Waals surface area (Å²) in [6.45, 7) is 1.35. The summed E-state index contributed by atoms with van der Waals surface area (Å²) in [6.07, 6.45) is -1.58. The molecule has 9 heteroatoms. The maximum Gasteiger partial charge on any atom is 0.339 e. The molecule has 20 heavy (non-hydrogen) atoms. The second-order valence-electron chi connectivity index (χ2n) is 3.87. The van der Waals surface area contributed by atoms with E-state index in [0.29, 0.717) is 12.3 Å². The van der Waals surface area contributed by atoms with E-state index in [2.05, 4.69) is 4.74 Å². The van der Waals surface area contributed by atoms with Gasteiger partial charge in [-0.15, -0.1) is 0 Å². The van der Waals surface area contributed by atoms with Crippen LogP contribution in [0.1, 0.15) is 18.6 Å². The largest absolute Gasteiger partial charge is 0.505 e. The van der Waals surface area contributed by atoms with Crippen molar-refractivity contribution in [1.29, 1.82) is 0 Å². The molecule has 112 valence electrons. The van der Waals surface area contributed by atoms with Gasteiger partial charge in [0, 0.05) is 11.8 Å². The topological polar surface area (TPSA) is 101 Å². The molecular weight excluding hydrogens is 298 g/mol. The summed E-state index contributed by atoms with van der Waals surface area (Å²) in [5, 5.41) is 19.0. The third-order valence-corrected chi connectivity index (χ3v) is 3.47. The Hall–Kier alpha value is -1.74. The summed E-state index contributed by atoms with van der Waals surface area (Å²) >= 11 is 0. The lowest BCUT2D eigenvalue weighted by molar-refractivity contribution is -0.153. The number of aromatic hydroxyl groups is 1. The van der Waals surface area contributed by atoms with E-state index in [-0.39, 0.29) is 6.61 Å². The zero-order valence-corrected chi connectivity index (χ0v) is 11.4. The lowest BCUT2D eigenvalue weighted by Crippen LogP contribution is -2.17.